The molecular weight excluding hydrogens is 259 g/mol. The van der Waals surface area contributed by atoms with Gasteiger partial charge >= 0.3 is 0 Å². The fourth-order valence-corrected chi connectivity index (χ4v) is 2.40. The van der Waals surface area contributed by atoms with E-state index in [1.165, 1.54) is 13.2 Å². The van der Waals surface area contributed by atoms with Crippen LogP contribution in [0.4, 0.5) is 4.39 Å². The molecule has 0 fully saturated rings. The quantitative estimate of drug-likeness (QED) is 0.935. The van der Waals surface area contributed by atoms with Gasteiger partial charge in [0, 0.05) is 11.6 Å². The van der Waals surface area contributed by atoms with Crippen LogP contribution in [-0.2, 0) is 18.0 Å². The van der Waals surface area contributed by atoms with Crippen molar-refractivity contribution in [2.75, 3.05) is 7.11 Å². The molecule has 3 nitrogen and oxygen atoms in total. The Morgan fingerprint density at radius 2 is 1.95 bits per heavy atom. The predicted octanol–water partition coefficient (Wildman–Crippen LogP) is 2.95. The van der Waals surface area contributed by atoms with Crippen molar-refractivity contribution in [1.82, 2.24) is 0 Å². The van der Waals surface area contributed by atoms with Crippen LogP contribution in [0.1, 0.15) is 28.4 Å². The van der Waals surface area contributed by atoms with Crippen LogP contribution in [0.3, 0.4) is 0 Å². The maximum absolute atomic E-state index is 14.0. The van der Waals surface area contributed by atoms with Crippen LogP contribution in [0, 0.1) is 5.82 Å². The average Bonchev–Trinajstić information content (AvgIpc) is 2.93. The average molecular weight is 274 g/mol. The lowest BCUT2D eigenvalue weighted by Gasteiger charge is -2.14. The fourth-order valence-electron chi connectivity index (χ4n) is 2.40. The van der Waals surface area contributed by atoms with E-state index in [2.05, 4.69) is 0 Å². The molecule has 1 unspecified atom stereocenters. The van der Waals surface area contributed by atoms with Gasteiger partial charge in [-0.1, -0.05) is 18.2 Å². The Bertz CT molecular complexity index is 640. The van der Waals surface area contributed by atoms with Crippen LogP contribution in [0.2, 0.25) is 0 Å². The third-order valence-corrected chi connectivity index (χ3v) is 3.56. The molecule has 2 aromatic carbocycles. The lowest BCUT2D eigenvalue weighted by Crippen LogP contribution is -2.03. The van der Waals surface area contributed by atoms with Crippen molar-refractivity contribution in [1.29, 1.82) is 0 Å². The number of hydrogen-bond acceptors (Lipinski definition) is 3. The van der Waals surface area contributed by atoms with Gasteiger partial charge in [0.2, 0.25) is 0 Å². The first-order valence-electron chi connectivity index (χ1n) is 6.40. The Labute approximate surface area is 116 Å². The van der Waals surface area contributed by atoms with Crippen molar-refractivity contribution >= 4 is 0 Å². The minimum absolute atomic E-state index is 0.240. The highest BCUT2D eigenvalue weighted by Crippen LogP contribution is 2.30. The molecule has 2 aromatic rings. The van der Waals surface area contributed by atoms with Crippen LogP contribution in [0.25, 0.3) is 0 Å². The highest BCUT2D eigenvalue weighted by molar-refractivity contribution is 5.39. The molecule has 3 rings (SSSR count). The van der Waals surface area contributed by atoms with Crippen molar-refractivity contribution in [2.45, 2.75) is 19.3 Å². The van der Waals surface area contributed by atoms with Gasteiger partial charge in [-0.15, -0.1) is 0 Å². The third kappa shape index (κ3) is 2.28. The molecule has 1 heterocycles. The van der Waals surface area contributed by atoms with Crippen molar-refractivity contribution in [3.63, 3.8) is 0 Å². The van der Waals surface area contributed by atoms with E-state index in [1.807, 2.05) is 18.2 Å². The van der Waals surface area contributed by atoms with Gasteiger partial charge in [-0.3, -0.25) is 0 Å². The number of aliphatic hydroxyl groups excluding tert-OH is 1. The lowest BCUT2D eigenvalue weighted by molar-refractivity contribution is 0.134. The monoisotopic (exact) mass is 274 g/mol. The maximum atomic E-state index is 14.0. The zero-order chi connectivity index (χ0) is 14.1. The molecule has 0 aromatic heterocycles. The summed E-state index contributed by atoms with van der Waals surface area (Å²) >= 11 is 0. The second-order valence-corrected chi connectivity index (χ2v) is 4.81. The molecule has 20 heavy (non-hydrogen) atoms. The Morgan fingerprint density at radius 3 is 2.70 bits per heavy atom. The molecule has 4 heteroatoms. The van der Waals surface area contributed by atoms with Crippen LogP contribution < -0.4 is 4.74 Å². The fraction of sp³-hybridized carbons (Fsp3) is 0.250. The Kier molecular flexibility index (Phi) is 3.42. The van der Waals surface area contributed by atoms with Gasteiger partial charge in [0.1, 0.15) is 17.7 Å². The summed E-state index contributed by atoms with van der Waals surface area (Å²) in [6.45, 7) is 1.14. The van der Waals surface area contributed by atoms with Gasteiger partial charge in [-0.05, 0) is 28.8 Å². The molecule has 0 saturated carbocycles. The zero-order valence-corrected chi connectivity index (χ0v) is 11.1. The molecule has 0 aliphatic carbocycles. The van der Waals surface area contributed by atoms with E-state index in [0.717, 1.165) is 11.1 Å². The first-order valence-corrected chi connectivity index (χ1v) is 6.40. The molecule has 0 bridgehead atoms. The Hall–Kier alpha value is -1.91. The summed E-state index contributed by atoms with van der Waals surface area (Å²) in [5, 5.41) is 10.3. The molecule has 1 atom stereocenters. The Morgan fingerprint density at radius 1 is 1.15 bits per heavy atom. The number of ether oxygens (including phenoxy) is 2. The summed E-state index contributed by atoms with van der Waals surface area (Å²) in [7, 11) is 1.48. The van der Waals surface area contributed by atoms with Gasteiger partial charge in [0.05, 0.1) is 20.3 Å². The van der Waals surface area contributed by atoms with Gasteiger partial charge in [0.15, 0.2) is 0 Å². The van der Waals surface area contributed by atoms with Crippen molar-refractivity contribution in [3.05, 3.63) is 64.5 Å². The van der Waals surface area contributed by atoms with E-state index in [1.54, 1.807) is 12.1 Å². The molecule has 0 spiro atoms. The predicted molar refractivity (Wildman–Crippen MR) is 71.9 cm³/mol. The number of fused-ring (bicyclic) bond motifs is 1. The van der Waals surface area contributed by atoms with E-state index < -0.39 is 11.9 Å². The van der Waals surface area contributed by atoms with Gasteiger partial charge < -0.3 is 14.6 Å². The molecule has 1 aliphatic rings. The topological polar surface area (TPSA) is 38.7 Å². The second kappa shape index (κ2) is 5.23. The summed E-state index contributed by atoms with van der Waals surface area (Å²) in [5.74, 6) is -0.0469. The molecule has 104 valence electrons. The summed E-state index contributed by atoms with van der Waals surface area (Å²) < 4.78 is 24.3. The van der Waals surface area contributed by atoms with Gasteiger partial charge in [-0.2, -0.15) is 0 Å². The second-order valence-electron chi connectivity index (χ2n) is 4.81. The largest absolute Gasteiger partial charge is 0.497 e. The number of benzene rings is 2. The Balaban J connectivity index is 1.94. The van der Waals surface area contributed by atoms with E-state index >= 15 is 0 Å². The van der Waals surface area contributed by atoms with Crippen molar-refractivity contribution in [2.24, 2.45) is 0 Å². The van der Waals surface area contributed by atoms with Gasteiger partial charge in [0.25, 0.3) is 0 Å². The summed E-state index contributed by atoms with van der Waals surface area (Å²) in [6.07, 6.45) is -0.994. The first kappa shape index (κ1) is 13.1. The normalized spacial score (nSPS) is 14.9. The standard InChI is InChI=1S/C16H15FO3/c1-19-13-4-5-14(15(17)7-13)16(18)10-2-3-11-8-20-9-12(11)6-10/h2-7,16,18H,8-9H2,1H3. The molecule has 1 N–H and O–H groups in total. The molecule has 0 amide bonds. The summed E-state index contributed by atoms with van der Waals surface area (Å²) in [6, 6.07) is 10.1. The van der Waals surface area contributed by atoms with Gasteiger partial charge in [-0.25, -0.2) is 4.39 Å². The number of aliphatic hydroxyl groups is 1. The van der Waals surface area contributed by atoms with E-state index in [-0.39, 0.29) is 5.56 Å². The minimum Gasteiger partial charge on any atom is -0.497 e. The van der Waals surface area contributed by atoms with Crippen molar-refractivity contribution < 1.29 is 19.0 Å². The third-order valence-electron chi connectivity index (χ3n) is 3.56. The number of rotatable bonds is 3. The van der Waals surface area contributed by atoms with Crippen LogP contribution >= 0.6 is 0 Å². The molecular formula is C16H15FO3. The molecule has 1 aliphatic heterocycles. The number of hydrogen-bond donors (Lipinski definition) is 1. The lowest BCUT2D eigenvalue weighted by atomic mass is 9.97. The van der Waals surface area contributed by atoms with Crippen LogP contribution in [-0.4, -0.2) is 12.2 Å². The maximum Gasteiger partial charge on any atom is 0.133 e. The number of halogens is 1. The molecule has 0 radical (unpaired) electrons. The van der Waals surface area contributed by atoms with Crippen LogP contribution in [0.15, 0.2) is 36.4 Å². The summed E-state index contributed by atoms with van der Waals surface area (Å²) in [4.78, 5) is 0. The van der Waals surface area contributed by atoms with E-state index in [4.69, 9.17) is 9.47 Å². The first-order chi connectivity index (χ1) is 9.69. The summed E-state index contributed by atoms with van der Waals surface area (Å²) in [5.41, 5.74) is 3.08. The molecule has 0 saturated heterocycles. The minimum atomic E-state index is -0.994. The smallest absolute Gasteiger partial charge is 0.133 e. The number of methoxy groups -OCH3 is 1. The zero-order valence-electron chi connectivity index (χ0n) is 11.1. The van der Waals surface area contributed by atoms with E-state index in [0.29, 0.717) is 24.5 Å². The highest BCUT2D eigenvalue weighted by Gasteiger charge is 2.18. The van der Waals surface area contributed by atoms with Crippen LogP contribution in [0.5, 0.6) is 5.75 Å². The van der Waals surface area contributed by atoms with E-state index in [9.17, 15) is 9.50 Å². The highest BCUT2D eigenvalue weighted by atomic mass is 19.1. The SMILES string of the molecule is COc1ccc(C(O)c2ccc3c(c2)COC3)c(F)c1. The van der Waals surface area contributed by atoms with Crippen molar-refractivity contribution in [3.8, 4) is 5.75 Å².